The van der Waals surface area contributed by atoms with Gasteiger partial charge in [0.1, 0.15) is 17.8 Å². The topological polar surface area (TPSA) is 76.8 Å². The van der Waals surface area contributed by atoms with Gasteiger partial charge < -0.3 is 19.2 Å². The van der Waals surface area contributed by atoms with Crippen molar-refractivity contribution in [3.63, 3.8) is 0 Å². The summed E-state index contributed by atoms with van der Waals surface area (Å²) in [5, 5.41) is 2.90. The average Bonchev–Trinajstić information content (AvgIpc) is 3.42. The van der Waals surface area contributed by atoms with Crippen molar-refractivity contribution in [1.82, 2.24) is 15.2 Å². The van der Waals surface area contributed by atoms with Gasteiger partial charge in [-0.15, -0.1) is 0 Å². The van der Waals surface area contributed by atoms with Crippen LogP contribution in [0, 0.1) is 0 Å². The van der Waals surface area contributed by atoms with E-state index >= 15 is 0 Å². The van der Waals surface area contributed by atoms with Crippen LogP contribution in [0.4, 0.5) is 13.2 Å². The molecule has 1 atom stereocenters. The second kappa shape index (κ2) is 12.7. The molecule has 0 aliphatic rings. The Kier molecular flexibility index (Phi) is 9.11. The molecule has 10 heteroatoms. The number of methoxy groups -OCH3 is 2. The molecule has 0 bridgehead atoms. The Bertz CT molecular complexity index is 1420. The summed E-state index contributed by atoms with van der Waals surface area (Å²) in [4.78, 5) is 19.0. The summed E-state index contributed by atoms with van der Waals surface area (Å²) in [5.41, 5.74) is 1.58. The number of alkyl halides is 3. The van der Waals surface area contributed by atoms with Crippen LogP contribution in [-0.2, 0) is 25.8 Å². The molecule has 40 heavy (non-hydrogen) atoms. The molecule has 0 fully saturated rings. The highest BCUT2D eigenvalue weighted by molar-refractivity contribution is 5.92. The van der Waals surface area contributed by atoms with Crippen molar-refractivity contribution in [2.45, 2.75) is 38.8 Å². The zero-order chi connectivity index (χ0) is 28.7. The van der Waals surface area contributed by atoms with E-state index in [-0.39, 0.29) is 30.7 Å². The highest BCUT2D eigenvalue weighted by Gasteiger charge is 2.30. The first kappa shape index (κ1) is 28.7. The maximum atomic E-state index is 13.3. The molecule has 0 unspecified atom stereocenters. The summed E-state index contributed by atoms with van der Waals surface area (Å²) in [6.07, 6.45) is -3.18. The van der Waals surface area contributed by atoms with E-state index < -0.39 is 17.6 Å². The van der Waals surface area contributed by atoms with Crippen molar-refractivity contribution < 1.29 is 31.9 Å². The molecule has 4 aromatic rings. The molecule has 0 aliphatic carbocycles. The number of benzene rings is 3. The van der Waals surface area contributed by atoms with E-state index in [0.29, 0.717) is 23.6 Å². The van der Waals surface area contributed by atoms with Gasteiger partial charge in [-0.2, -0.15) is 13.2 Å². The summed E-state index contributed by atoms with van der Waals surface area (Å²) in [7, 11) is 3.08. The SMILES string of the molecule is COc1ccc(CN(Cc2cccc(C(F)(F)F)c2)Cc2nc(C(=O)N[C@H](C)c3ccccc3)co2)c(OC)c1. The van der Waals surface area contributed by atoms with E-state index in [0.717, 1.165) is 23.3 Å². The third-order valence-electron chi connectivity index (χ3n) is 6.34. The number of ether oxygens (including phenoxy) is 2. The van der Waals surface area contributed by atoms with Gasteiger partial charge in [0.2, 0.25) is 5.89 Å². The Balaban J connectivity index is 1.55. The lowest BCUT2D eigenvalue weighted by Crippen LogP contribution is -2.27. The first-order chi connectivity index (χ1) is 19.2. The summed E-state index contributed by atoms with van der Waals surface area (Å²) >= 11 is 0. The molecule has 0 saturated carbocycles. The number of rotatable bonds is 11. The highest BCUT2D eigenvalue weighted by atomic mass is 19.4. The van der Waals surface area contributed by atoms with Crippen LogP contribution in [0.15, 0.2) is 83.5 Å². The van der Waals surface area contributed by atoms with Gasteiger partial charge in [-0.1, -0.05) is 54.6 Å². The number of nitrogens with zero attached hydrogens (tertiary/aromatic N) is 2. The molecule has 1 amide bonds. The second-order valence-electron chi connectivity index (χ2n) is 9.25. The van der Waals surface area contributed by atoms with E-state index in [4.69, 9.17) is 13.9 Å². The van der Waals surface area contributed by atoms with E-state index in [2.05, 4.69) is 10.3 Å². The van der Waals surface area contributed by atoms with Gasteiger partial charge in [-0.3, -0.25) is 9.69 Å². The zero-order valence-corrected chi connectivity index (χ0v) is 22.4. The number of aromatic nitrogens is 1. The molecule has 210 valence electrons. The predicted molar refractivity (Wildman–Crippen MR) is 143 cm³/mol. The number of nitrogens with one attached hydrogen (secondary N) is 1. The maximum absolute atomic E-state index is 13.3. The average molecular weight is 554 g/mol. The Hall–Kier alpha value is -4.31. The van der Waals surface area contributed by atoms with Gasteiger partial charge in [0.15, 0.2) is 5.69 Å². The van der Waals surface area contributed by atoms with Crippen molar-refractivity contribution in [3.05, 3.63) is 113 Å². The maximum Gasteiger partial charge on any atom is 0.416 e. The lowest BCUT2D eigenvalue weighted by atomic mass is 10.1. The Morgan fingerprint density at radius 3 is 2.45 bits per heavy atom. The van der Waals surface area contributed by atoms with Crippen molar-refractivity contribution >= 4 is 5.91 Å². The standard InChI is InChI=1S/C30H30F3N3O4/c1-20(22-9-5-4-6-10-22)34-29(37)26-19-40-28(35-26)18-36(16-21-8-7-11-24(14-21)30(31,32)33)17-23-12-13-25(38-2)15-27(23)39-3/h4-15,19-20H,16-18H2,1-3H3,(H,34,37)/t20-/m1/s1. The number of hydrogen-bond donors (Lipinski definition) is 1. The molecule has 3 aromatic carbocycles. The number of amides is 1. The Morgan fingerprint density at radius 2 is 1.75 bits per heavy atom. The van der Waals surface area contributed by atoms with Crippen LogP contribution in [0.25, 0.3) is 0 Å². The molecule has 0 spiro atoms. The van der Waals surface area contributed by atoms with Crippen LogP contribution < -0.4 is 14.8 Å². The quantitative estimate of drug-likeness (QED) is 0.232. The van der Waals surface area contributed by atoms with Crippen molar-refractivity contribution in [1.29, 1.82) is 0 Å². The van der Waals surface area contributed by atoms with Gasteiger partial charge in [0.05, 0.1) is 32.4 Å². The van der Waals surface area contributed by atoms with E-state index in [1.54, 1.807) is 25.3 Å². The third kappa shape index (κ3) is 7.41. The van der Waals surface area contributed by atoms with Gasteiger partial charge in [-0.25, -0.2) is 4.98 Å². The van der Waals surface area contributed by atoms with Gasteiger partial charge >= 0.3 is 6.18 Å². The molecule has 1 N–H and O–H groups in total. The summed E-state index contributed by atoms with van der Waals surface area (Å²) in [5.74, 6) is 1.03. The second-order valence-corrected chi connectivity index (χ2v) is 9.25. The fourth-order valence-corrected chi connectivity index (χ4v) is 4.27. The van der Waals surface area contributed by atoms with Crippen LogP contribution >= 0.6 is 0 Å². The number of carbonyl (C=O) groups excluding carboxylic acids is 1. The molecule has 0 saturated heterocycles. The fraction of sp³-hybridized carbons (Fsp3) is 0.267. The minimum atomic E-state index is -4.46. The normalized spacial score (nSPS) is 12.3. The lowest BCUT2D eigenvalue weighted by molar-refractivity contribution is -0.137. The molecule has 7 nitrogen and oxygen atoms in total. The lowest BCUT2D eigenvalue weighted by Gasteiger charge is -2.23. The van der Waals surface area contributed by atoms with Gasteiger partial charge in [-0.05, 0) is 30.2 Å². The predicted octanol–water partition coefficient (Wildman–Crippen LogP) is 6.40. The first-order valence-corrected chi connectivity index (χ1v) is 12.6. The van der Waals surface area contributed by atoms with Crippen molar-refractivity contribution in [3.8, 4) is 11.5 Å². The van der Waals surface area contributed by atoms with Crippen molar-refractivity contribution in [2.75, 3.05) is 14.2 Å². The van der Waals surface area contributed by atoms with Crippen LogP contribution in [-0.4, -0.2) is 30.0 Å². The van der Waals surface area contributed by atoms with Crippen molar-refractivity contribution in [2.24, 2.45) is 0 Å². The molecular formula is C30H30F3N3O4. The number of carbonyl (C=O) groups is 1. The molecule has 0 radical (unpaired) electrons. The summed E-state index contributed by atoms with van der Waals surface area (Å²) in [6, 6.07) is 19.8. The third-order valence-corrected chi connectivity index (χ3v) is 6.34. The summed E-state index contributed by atoms with van der Waals surface area (Å²) in [6.45, 7) is 2.46. The van der Waals surface area contributed by atoms with Crippen LogP contribution in [0.2, 0.25) is 0 Å². The minimum Gasteiger partial charge on any atom is -0.497 e. The zero-order valence-electron chi connectivity index (χ0n) is 22.4. The number of halogens is 3. The minimum absolute atomic E-state index is 0.110. The van der Waals surface area contributed by atoms with Crippen LogP contribution in [0.1, 0.15) is 51.6 Å². The Morgan fingerprint density at radius 1 is 0.975 bits per heavy atom. The molecule has 1 heterocycles. The Labute approximate surface area is 230 Å². The van der Waals surface area contributed by atoms with Crippen LogP contribution in [0.3, 0.4) is 0 Å². The van der Waals surface area contributed by atoms with Gasteiger partial charge in [0, 0.05) is 24.7 Å². The highest BCUT2D eigenvalue weighted by Crippen LogP contribution is 2.31. The van der Waals surface area contributed by atoms with E-state index in [9.17, 15) is 18.0 Å². The summed E-state index contributed by atoms with van der Waals surface area (Å²) < 4.78 is 56.4. The van der Waals surface area contributed by atoms with Crippen LogP contribution in [0.5, 0.6) is 11.5 Å². The molecule has 4 rings (SSSR count). The molecule has 0 aliphatic heterocycles. The fourth-order valence-electron chi connectivity index (χ4n) is 4.27. The monoisotopic (exact) mass is 553 g/mol. The number of hydrogen-bond acceptors (Lipinski definition) is 6. The molecule has 1 aromatic heterocycles. The van der Waals surface area contributed by atoms with Gasteiger partial charge in [0.25, 0.3) is 5.91 Å². The first-order valence-electron chi connectivity index (χ1n) is 12.6. The smallest absolute Gasteiger partial charge is 0.416 e. The van der Waals surface area contributed by atoms with E-state index in [1.807, 2.05) is 48.2 Å². The largest absolute Gasteiger partial charge is 0.497 e. The van der Waals surface area contributed by atoms with E-state index in [1.165, 1.54) is 19.4 Å². The molecular weight excluding hydrogens is 523 g/mol. The number of oxazole rings is 1.